The molecule has 2 N–H and O–H groups in total. The minimum absolute atomic E-state index is 0.337. The van der Waals surface area contributed by atoms with Gasteiger partial charge in [-0.3, -0.25) is 0 Å². The van der Waals surface area contributed by atoms with E-state index in [1.54, 1.807) is 11.8 Å². The Morgan fingerprint density at radius 2 is 2.14 bits per heavy atom. The van der Waals surface area contributed by atoms with Crippen LogP contribution in [0, 0.1) is 0 Å². The predicted octanol–water partition coefficient (Wildman–Crippen LogP) is 1.28. The Labute approximate surface area is 127 Å². The lowest BCUT2D eigenvalue weighted by atomic mass is 10.3. The zero-order valence-electron chi connectivity index (χ0n) is 11.5. The topological polar surface area (TPSA) is 78.9 Å². The Morgan fingerprint density at radius 1 is 1.38 bits per heavy atom. The first-order valence-corrected chi connectivity index (χ1v) is 7.87. The van der Waals surface area contributed by atoms with Crippen LogP contribution in [0.3, 0.4) is 0 Å². The molecule has 1 heterocycles. The SMILES string of the molecule is O=C(O)C1CSCCN1C(=O)NCCOc1ccccc1. The van der Waals surface area contributed by atoms with Crippen LogP contribution in [0.15, 0.2) is 30.3 Å². The van der Waals surface area contributed by atoms with E-state index in [2.05, 4.69) is 5.32 Å². The van der Waals surface area contributed by atoms with E-state index in [0.717, 1.165) is 11.5 Å². The first kappa shape index (κ1) is 15.5. The second-order valence-corrected chi connectivity index (χ2v) is 5.67. The molecule has 1 aliphatic heterocycles. The Kier molecular flexibility index (Phi) is 5.74. The third-order valence-electron chi connectivity index (χ3n) is 3.06. The third kappa shape index (κ3) is 4.56. The van der Waals surface area contributed by atoms with Crippen molar-refractivity contribution in [3.63, 3.8) is 0 Å². The van der Waals surface area contributed by atoms with Gasteiger partial charge in [0.05, 0.1) is 6.54 Å². The average molecular weight is 310 g/mol. The number of para-hydroxylation sites is 1. The third-order valence-corrected chi connectivity index (χ3v) is 4.09. The number of nitrogens with one attached hydrogen (secondary N) is 1. The molecule has 1 aromatic rings. The van der Waals surface area contributed by atoms with E-state index in [1.807, 2.05) is 30.3 Å². The van der Waals surface area contributed by atoms with Crippen molar-refractivity contribution >= 4 is 23.8 Å². The van der Waals surface area contributed by atoms with Gasteiger partial charge in [0.1, 0.15) is 18.4 Å². The number of carbonyl (C=O) groups excluding carboxylic acids is 1. The van der Waals surface area contributed by atoms with Crippen LogP contribution < -0.4 is 10.1 Å². The standard InChI is InChI=1S/C14H18N2O4S/c17-13(18)12-10-21-9-7-16(12)14(19)15-6-8-20-11-4-2-1-3-5-11/h1-5,12H,6-10H2,(H,15,19)(H,17,18). The molecule has 0 aliphatic carbocycles. The van der Waals surface area contributed by atoms with Gasteiger partial charge >= 0.3 is 12.0 Å². The van der Waals surface area contributed by atoms with Gasteiger partial charge in [-0.2, -0.15) is 11.8 Å². The molecule has 1 atom stereocenters. The fourth-order valence-electron chi connectivity index (χ4n) is 2.00. The zero-order valence-corrected chi connectivity index (χ0v) is 12.3. The maximum atomic E-state index is 12.0. The predicted molar refractivity (Wildman–Crippen MR) is 80.8 cm³/mol. The number of amides is 2. The number of ether oxygens (including phenoxy) is 1. The summed E-state index contributed by atoms with van der Waals surface area (Å²) in [6, 6.07) is 8.22. The molecule has 6 nitrogen and oxygen atoms in total. The average Bonchev–Trinajstić information content (AvgIpc) is 2.52. The molecule has 7 heteroatoms. The number of hydrogen-bond donors (Lipinski definition) is 2. The van der Waals surface area contributed by atoms with Crippen molar-refractivity contribution in [3.05, 3.63) is 30.3 Å². The quantitative estimate of drug-likeness (QED) is 0.801. The second-order valence-electron chi connectivity index (χ2n) is 4.52. The van der Waals surface area contributed by atoms with E-state index >= 15 is 0 Å². The minimum Gasteiger partial charge on any atom is -0.492 e. The van der Waals surface area contributed by atoms with Crippen LogP contribution in [0.1, 0.15) is 0 Å². The van der Waals surface area contributed by atoms with E-state index in [9.17, 15) is 9.59 Å². The summed E-state index contributed by atoms with van der Waals surface area (Å²) >= 11 is 1.55. The molecular weight excluding hydrogens is 292 g/mol. The number of carboxylic acid groups (broad SMARTS) is 1. The number of benzene rings is 1. The number of nitrogens with zero attached hydrogens (tertiary/aromatic N) is 1. The van der Waals surface area contributed by atoms with Gasteiger partial charge in [0.25, 0.3) is 0 Å². The Balaban J connectivity index is 1.74. The minimum atomic E-state index is -0.960. The van der Waals surface area contributed by atoms with Crippen LogP contribution in [0.5, 0.6) is 5.75 Å². The van der Waals surface area contributed by atoms with Crippen LogP contribution in [0.25, 0.3) is 0 Å². The van der Waals surface area contributed by atoms with Crippen molar-refractivity contribution in [2.24, 2.45) is 0 Å². The van der Waals surface area contributed by atoms with Crippen molar-refractivity contribution in [3.8, 4) is 5.75 Å². The molecule has 0 bridgehead atoms. The van der Waals surface area contributed by atoms with Crippen LogP contribution >= 0.6 is 11.8 Å². The van der Waals surface area contributed by atoms with Gasteiger partial charge in [-0.15, -0.1) is 0 Å². The van der Waals surface area contributed by atoms with Gasteiger partial charge in [-0.1, -0.05) is 18.2 Å². The van der Waals surface area contributed by atoms with Crippen molar-refractivity contribution in [1.29, 1.82) is 0 Å². The molecule has 0 aromatic heterocycles. The number of urea groups is 1. The molecule has 1 aliphatic rings. The summed E-state index contributed by atoms with van der Waals surface area (Å²) < 4.78 is 5.46. The largest absolute Gasteiger partial charge is 0.492 e. The summed E-state index contributed by atoms with van der Waals surface area (Å²) in [5, 5.41) is 11.8. The molecule has 1 saturated heterocycles. The highest BCUT2D eigenvalue weighted by Crippen LogP contribution is 2.16. The van der Waals surface area contributed by atoms with E-state index in [0.29, 0.717) is 25.4 Å². The highest BCUT2D eigenvalue weighted by Gasteiger charge is 2.32. The maximum absolute atomic E-state index is 12.0. The Morgan fingerprint density at radius 3 is 2.86 bits per heavy atom. The number of hydrogen-bond acceptors (Lipinski definition) is 4. The highest BCUT2D eigenvalue weighted by atomic mass is 32.2. The van der Waals surface area contributed by atoms with Gasteiger partial charge in [-0.05, 0) is 12.1 Å². The molecule has 2 rings (SSSR count). The summed E-state index contributed by atoms with van der Waals surface area (Å²) in [5.41, 5.74) is 0. The lowest BCUT2D eigenvalue weighted by Gasteiger charge is -2.32. The molecule has 1 unspecified atom stereocenters. The monoisotopic (exact) mass is 310 g/mol. The Bertz CT molecular complexity index is 483. The molecule has 2 amide bonds. The number of thioether (sulfide) groups is 1. The summed E-state index contributed by atoms with van der Waals surface area (Å²) in [4.78, 5) is 24.5. The van der Waals surface area contributed by atoms with E-state index in [1.165, 1.54) is 4.90 Å². The fraction of sp³-hybridized carbons (Fsp3) is 0.429. The van der Waals surface area contributed by atoms with Gasteiger partial charge in [-0.25, -0.2) is 9.59 Å². The number of rotatable bonds is 5. The van der Waals surface area contributed by atoms with Crippen LogP contribution in [-0.4, -0.2) is 59.3 Å². The highest BCUT2D eigenvalue weighted by molar-refractivity contribution is 7.99. The van der Waals surface area contributed by atoms with Crippen molar-refractivity contribution in [2.75, 3.05) is 31.2 Å². The maximum Gasteiger partial charge on any atom is 0.327 e. The van der Waals surface area contributed by atoms with E-state index in [4.69, 9.17) is 9.84 Å². The van der Waals surface area contributed by atoms with Crippen molar-refractivity contribution in [2.45, 2.75) is 6.04 Å². The molecule has 0 saturated carbocycles. The Hall–Kier alpha value is -1.89. The van der Waals surface area contributed by atoms with Crippen molar-refractivity contribution < 1.29 is 19.4 Å². The smallest absolute Gasteiger partial charge is 0.327 e. The first-order valence-electron chi connectivity index (χ1n) is 6.71. The summed E-state index contributed by atoms with van der Waals surface area (Å²) in [6.07, 6.45) is 0. The van der Waals surface area contributed by atoms with E-state index in [-0.39, 0.29) is 6.03 Å². The molecule has 0 spiro atoms. The lowest BCUT2D eigenvalue weighted by molar-refractivity contribution is -0.141. The van der Waals surface area contributed by atoms with Gasteiger partial charge < -0.3 is 20.1 Å². The second kappa shape index (κ2) is 7.78. The number of carbonyl (C=O) groups is 2. The van der Waals surface area contributed by atoms with Gasteiger partial charge in [0.2, 0.25) is 0 Å². The normalized spacial score (nSPS) is 18.1. The molecule has 1 aromatic carbocycles. The number of aliphatic carboxylic acids is 1. The van der Waals surface area contributed by atoms with E-state index < -0.39 is 12.0 Å². The van der Waals surface area contributed by atoms with Crippen LogP contribution in [0.2, 0.25) is 0 Å². The summed E-state index contributed by atoms with van der Waals surface area (Å²) in [7, 11) is 0. The molecule has 1 fully saturated rings. The number of carboxylic acids is 1. The van der Waals surface area contributed by atoms with Crippen molar-refractivity contribution in [1.82, 2.24) is 10.2 Å². The fourth-order valence-corrected chi connectivity index (χ4v) is 3.03. The van der Waals surface area contributed by atoms with Gasteiger partial charge in [0, 0.05) is 18.1 Å². The zero-order chi connectivity index (χ0) is 15.1. The van der Waals surface area contributed by atoms with Crippen LogP contribution in [-0.2, 0) is 4.79 Å². The molecule has 0 radical (unpaired) electrons. The summed E-state index contributed by atoms with van der Waals surface area (Å²) in [6.45, 7) is 1.13. The first-order chi connectivity index (χ1) is 10.2. The molecule has 21 heavy (non-hydrogen) atoms. The molecule has 114 valence electrons. The lowest BCUT2D eigenvalue weighted by Crippen LogP contribution is -2.54. The molecular formula is C14H18N2O4S. The van der Waals surface area contributed by atoms with Crippen LogP contribution in [0.4, 0.5) is 4.79 Å². The van der Waals surface area contributed by atoms with Gasteiger partial charge in [0.15, 0.2) is 0 Å². The summed E-state index contributed by atoms with van der Waals surface area (Å²) in [5.74, 6) is 0.975.